The highest BCUT2D eigenvalue weighted by Gasteiger charge is 2.10. The predicted octanol–water partition coefficient (Wildman–Crippen LogP) is 2.63. The van der Waals surface area contributed by atoms with Gasteiger partial charge in [-0.05, 0) is 45.0 Å². The minimum absolute atomic E-state index is 0.126. The summed E-state index contributed by atoms with van der Waals surface area (Å²) >= 11 is 0. The Balaban J connectivity index is 1.91. The quantitative estimate of drug-likeness (QED) is 0.601. The monoisotopic (exact) mass is 290 g/mol. The fourth-order valence-electron chi connectivity index (χ4n) is 1.66. The molecular weight excluding hydrogens is 272 g/mol. The number of nitrogens with zero attached hydrogens (tertiary/aromatic N) is 2. The zero-order valence-electron chi connectivity index (χ0n) is 12.3. The molecule has 0 bridgehead atoms. The van der Waals surface area contributed by atoms with Crippen molar-refractivity contribution in [1.29, 1.82) is 0 Å². The summed E-state index contributed by atoms with van der Waals surface area (Å²) < 4.78 is 15.5. The van der Waals surface area contributed by atoms with Crippen molar-refractivity contribution in [2.75, 3.05) is 13.2 Å². The van der Waals surface area contributed by atoms with Gasteiger partial charge < -0.3 is 14.0 Å². The zero-order chi connectivity index (χ0) is 15.2. The molecule has 112 valence electrons. The summed E-state index contributed by atoms with van der Waals surface area (Å²) in [5.74, 6) is 0.618. The lowest BCUT2D eigenvalue weighted by Gasteiger charge is -2.08. The molecule has 21 heavy (non-hydrogen) atoms. The molecule has 0 aliphatic rings. The van der Waals surface area contributed by atoms with E-state index >= 15 is 0 Å². The first kappa shape index (κ1) is 15.2. The Morgan fingerprint density at radius 3 is 2.52 bits per heavy atom. The summed E-state index contributed by atoms with van der Waals surface area (Å²) in [6.07, 6.45) is 0.126. The van der Waals surface area contributed by atoms with E-state index in [2.05, 4.69) is 10.1 Å². The summed E-state index contributed by atoms with van der Waals surface area (Å²) in [6, 6.07) is 6.82. The van der Waals surface area contributed by atoms with E-state index in [4.69, 9.17) is 14.0 Å². The van der Waals surface area contributed by atoms with Crippen LogP contribution in [0.5, 0.6) is 0 Å². The third-order valence-corrected chi connectivity index (χ3v) is 2.66. The van der Waals surface area contributed by atoms with E-state index in [-0.39, 0.29) is 18.7 Å². The molecule has 2 aromatic rings. The highest BCUT2D eigenvalue weighted by atomic mass is 16.6. The molecule has 2 rings (SSSR count). The highest BCUT2D eigenvalue weighted by Crippen LogP contribution is 2.17. The van der Waals surface area contributed by atoms with Crippen LogP contribution in [0.15, 0.2) is 28.8 Å². The first-order valence-electron chi connectivity index (χ1n) is 6.75. The van der Waals surface area contributed by atoms with Crippen molar-refractivity contribution in [2.24, 2.45) is 0 Å². The smallest absolute Gasteiger partial charge is 0.338 e. The molecule has 6 nitrogen and oxygen atoms in total. The lowest BCUT2D eigenvalue weighted by Crippen LogP contribution is -2.13. The molecular formula is C15H18N2O4. The van der Waals surface area contributed by atoms with Crippen LogP contribution < -0.4 is 0 Å². The number of hydrogen-bond donors (Lipinski definition) is 0. The second kappa shape index (κ2) is 6.99. The number of benzene rings is 1. The largest absolute Gasteiger partial charge is 0.460 e. The predicted molar refractivity (Wildman–Crippen MR) is 75.8 cm³/mol. The molecule has 0 atom stereocenters. The van der Waals surface area contributed by atoms with Crippen LogP contribution >= 0.6 is 0 Å². The van der Waals surface area contributed by atoms with Gasteiger partial charge in [-0.1, -0.05) is 5.16 Å². The maximum atomic E-state index is 11.8. The van der Waals surface area contributed by atoms with E-state index in [1.807, 2.05) is 13.8 Å². The fourth-order valence-corrected chi connectivity index (χ4v) is 1.66. The standard InChI is InChI=1S/C15H18N2O4/c1-10(2)19-8-9-20-15(18)13-6-4-12(5-7-13)14-16-11(3)17-21-14/h4-7,10H,8-9H2,1-3H3. The van der Waals surface area contributed by atoms with Crippen LogP contribution in [0.3, 0.4) is 0 Å². The summed E-state index contributed by atoms with van der Waals surface area (Å²) in [7, 11) is 0. The van der Waals surface area contributed by atoms with Gasteiger partial charge in [-0.2, -0.15) is 4.98 Å². The molecule has 1 heterocycles. The molecule has 6 heteroatoms. The van der Waals surface area contributed by atoms with Gasteiger partial charge in [-0.15, -0.1) is 0 Å². The fraction of sp³-hybridized carbons (Fsp3) is 0.400. The molecule has 0 N–H and O–H groups in total. The third-order valence-electron chi connectivity index (χ3n) is 2.66. The van der Waals surface area contributed by atoms with Crippen molar-refractivity contribution in [3.63, 3.8) is 0 Å². The number of aryl methyl sites for hydroxylation is 1. The summed E-state index contributed by atoms with van der Waals surface area (Å²) in [4.78, 5) is 15.9. The van der Waals surface area contributed by atoms with Gasteiger partial charge in [-0.25, -0.2) is 4.79 Å². The maximum Gasteiger partial charge on any atom is 0.338 e. The van der Waals surface area contributed by atoms with Crippen molar-refractivity contribution >= 4 is 5.97 Å². The molecule has 1 aromatic carbocycles. The molecule has 0 spiro atoms. The molecule has 0 unspecified atom stereocenters. The van der Waals surface area contributed by atoms with Gasteiger partial charge in [0.2, 0.25) is 0 Å². The second-order valence-electron chi connectivity index (χ2n) is 4.78. The van der Waals surface area contributed by atoms with Crippen molar-refractivity contribution in [3.05, 3.63) is 35.7 Å². The van der Waals surface area contributed by atoms with Crippen LogP contribution in [0, 0.1) is 6.92 Å². The first-order chi connectivity index (χ1) is 10.1. The molecule has 0 saturated carbocycles. The number of ether oxygens (including phenoxy) is 2. The van der Waals surface area contributed by atoms with Crippen LogP contribution in [-0.2, 0) is 9.47 Å². The number of esters is 1. The topological polar surface area (TPSA) is 74.5 Å². The first-order valence-corrected chi connectivity index (χ1v) is 6.75. The Hall–Kier alpha value is -2.21. The minimum atomic E-state index is -0.379. The van der Waals surface area contributed by atoms with Crippen LogP contribution in [0.25, 0.3) is 11.5 Å². The normalized spacial score (nSPS) is 10.9. The van der Waals surface area contributed by atoms with E-state index in [0.29, 0.717) is 23.9 Å². The maximum absolute atomic E-state index is 11.8. The number of carbonyl (C=O) groups excluding carboxylic acids is 1. The average molecular weight is 290 g/mol. The number of aromatic nitrogens is 2. The van der Waals surface area contributed by atoms with E-state index < -0.39 is 0 Å². The minimum Gasteiger partial charge on any atom is -0.460 e. The Bertz CT molecular complexity index is 590. The van der Waals surface area contributed by atoms with E-state index in [9.17, 15) is 4.79 Å². The van der Waals surface area contributed by atoms with Gasteiger partial charge >= 0.3 is 5.97 Å². The van der Waals surface area contributed by atoms with E-state index in [1.54, 1.807) is 31.2 Å². The second-order valence-corrected chi connectivity index (χ2v) is 4.78. The zero-order valence-corrected chi connectivity index (χ0v) is 12.3. The average Bonchev–Trinajstić information content (AvgIpc) is 2.90. The van der Waals surface area contributed by atoms with Crippen molar-refractivity contribution < 1.29 is 18.8 Å². The van der Waals surface area contributed by atoms with Gasteiger partial charge in [0.15, 0.2) is 5.82 Å². The van der Waals surface area contributed by atoms with Crippen LogP contribution in [0.1, 0.15) is 30.0 Å². The molecule has 1 aromatic heterocycles. The SMILES string of the molecule is Cc1noc(-c2ccc(C(=O)OCCOC(C)C)cc2)n1. The summed E-state index contributed by atoms with van der Waals surface area (Å²) in [5, 5.41) is 3.72. The van der Waals surface area contributed by atoms with Crippen LogP contribution in [-0.4, -0.2) is 35.4 Å². The van der Waals surface area contributed by atoms with Crippen molar-refractivity contribution in [1.82, 2.24) is 10.1 Å². The molecule has 0 amide bonds. The Morgan fingerprint density at radius 1 is 1.24 bits per heavy atom. The van der Waals surface area contributed by atoms with Gasteiger partial charge in [0.25, 0.3) is 5.89 Å². The molecule has 0 aliphatic heterocycles. The Morgan fingerprint density at radius 2 is 1.95 bits per heavy atom. The summed E-state index contributed by atoms with van der Waals surface area (Å²) in [6.45, 7) is 6.24. The van der Waals surface area contributed by atoms with Gasteiger partial charge in [0.05, 0.1) is 18.3 Å². The highest BCUT2D eigenvalue weighted by molar-refractivity contribution is 5.89. The molecule has 0 aliphatic carbocycles. The van der Waals surface area contributed by atoms with Crippen molar-refractivity contribution in [3.8, 4) is 11.5 Å². The number of hydrogen-bond acceptors (Lipinski definition) is 6. The number of carbonyl (C=O) groups is 1. The molecule has 0 fully saturated rings. The third kappa shape index (κ3) is 4.39. The lowest BCUT2D eigenvalue weighted by molar-refractivity contribution is 0.0177. The molecule has 0 radical (unpaired) electrons. The van der Waals surface area contributed by atoms with E-state index in [1.165, 1.54) is 0 Å². The van der Waals surface area contributed by atoms with Gasteiger partial charge in [-0.3, -0.25) is 0 Å². The van der Waals surface area contributed by atoms with E-state index in [0.717, 1.165) is 5.56 Å². The van der Waals surface area contributed by atoms with Crippen LogP contribution in [0.4, 0.5) is 0 Å². The number of rotatable bonds is 6. The van der Waals surface area contributed by atoms with Gasteiger partial charge in [0, 0.05) is 5.56 Å². The Labute approximate surface area is 123 Å². The van der Waals surface area contributed by atoms with Gasteiger partial charge in [0.1, 0.15) is 6.61 Å². The van der Waals surface area contributed by atoms with Crippen molar-refractivity contribution in [2.45, 2.75) is 26.9 Å². The molecule has 0 saturated heterocycles. The Kier molecular flexibility index (Phi) is 5.05. The summed E-state index contributed by atoms with van der Waals surface area (Å²) in [5.41, 5.74) is 1.23. The lowest BCUT2D eigenvalue weighted by atomic mass is 10.1. The van der Waals surface area contributed by atoms with Crippen LogP contribution in [0.2, 0.25) is 0 Å².